The van der Waals surface area contributed by atoms with Crippen LogP contribution >= 0.6 is 22.6 Å². The predicted molar refractivity (Wildman–Crippen MR) is 74.4 cm³/mol. The molecule has 1 atom stereocenters. The molecule has 0 saturated heterocycles. The maximum atomic E-state index is 13.3. The highest BCUT2D eigenvalue weighted by Gasteiger charge is 2.14. The van der Waals surface area contributed by atoms with E-state index in [1.807, 2.05) is 31.2 Å². The van der Waals surface area contributed by atoms with E-state index in [-0.39, 0.29) is 5.82 Å². The van der Waals surface area contributed by atoms with E-state index in [0.29, 0.717) is 5.56 Å². The van der Waals surface area contributed by atoms with E-state index in [1.54, 1.807) is 6.07 Å². The Morgan fingerprint density at radius 2 is 1.88 bits per heavy atom. The average molecular weight is 342 g/mol. The van der Waals surface area contributed by atoms with Gasteiger partial charge < -0.3 is 5.11 Å². The van der Waals surface area contributed by atoms with Gasteiger partial charge in [0.15, 0.2) is 0 Å². The van der Waals surface area contributed by atoms with Gasteiger partial charge in [0.05, 0.1) is 0 Å². The zero-order valence-corrected chi connectivity index (χ0v) is 11.5. The Bertz CT molecular complexity index is 519. The van der Waals surface area contributed by atoms with Crippen molar-refractivity contribution in [3.05, 3.63) is 68.5 Å². The van der Waals surface area contributed by atoms with Crippen molar-refractivity contribution in [1.29, 1.82) is 0 Å². The lowest BCUT2D eigenvalue weighted by atomic mass is 10.00. The third-order valence-electron chi connectivity index (χ3n) is 2.58. The number of hydrogen-bond acceptors (Lipinski definition) is 1. The van der Waals surface area contributed by atoms with Crippen LogP contribution in [-0.4, -0.2) is 5.11 Å². The molecule has 17 heavy (non-hydrogen) atoms. The zero-order valence-electron chi connectivity index (χ0n) is 9.32. The summed E-state index contributed by atoms with van der Waals surface area (Å²) < 4.78 is 14.3. The molecule has 0 aliphatic heterocycles. The van der Waals surface area contributed by atoms with E-state index in [1.165, 1.54) is 12.1 Å². The number of aliphatic hydroxyl groups is 1. The number of aryl methyl sites for hydroxylation is 1. The monoisotopic (exact) mass is 342 g/mol. The van der Waals surface area contributed by atoms with Gasteiger partial charge in [0, 0.05) is 3.57 Å². The summed E-state index contributed by atoms with van der Waals surface area (Å²) in [6.07, 6.45) is -0.780. The van der Waals surface area contributed by atoms with Gasteiger partial charge in [0.2, 0.25) is 0 Å². The van der Waals surface area contributed by atoms with E-state index < -0.39 is 6.10 Å². The Hall–Kier alpha value is -0.940. The lowest BCUT2D eigenvalue weighted by Crippen LogP contribution is -2.02. The summed E-state index contributed by atoms with van der Waals surface area (Å²) >= 11 is 2.17. The number of benzene rings is 2. The van der Waals surface area contributed by atoms with E-state index in [9.17, 15) is 9.50 Å². The Kier molecular flexibility index (Phi) is 3.79. The van der Waals surface area contributed by atoms with Gasteiger partial charge in [-0.1, -0.05) is 24.3 Å². The normalized spacial score (nSPS) is 12.5. The minimum atomic E-state index is -0.780. The fraction of sp³-hybridized carbons (Fsp3) is 0.143. The van der Waals surface area contributed by atoms with Crippen molar-refractivity contribution in [2.75, 3.05) is 0 Å². The van der Waals surface area contributed by atoms with Gasteiger partial charge in [-0.2, -0.15) is 0 Å². The molecule has 0 heterocycles. The van der Waals surface area contributed by atoms with Crippen LogP contribution in [0, 0.1) is 16.3 Å². The molecule has 1 nitrogen and oxygen atoms in total. The second kappa shape index (κ2) is 5.14. The van der Waals surface area contributed by atoms with Crippen molar-refractivity contribution in [2.45, 2.75) is 13.0 Å². The summed E-state index contributed by atoms with van der Waals surface area (Å²) in [7, 11) is 0. The van der Waals surface area contributed by atoms with Crippen molar-refractivity contribution in [3.8, 4) is 0 Å². The first-order chi connectivity index (χ1) is 8.08. The Morgan fingerprint density at radius 3 is 2.53 bits per heavy atom. The van der Waals surface area contributed by atoms with Crippen LogP contribution in [0.1, 0.15) is 22.8 Å². The third kappa shape index (κ3) is 2.84. The highest BCUT2D eigenvalue weighted by molar-refractivity contribution is 14.1. The first kappa shape index (κ1) is 12.5. The quantitative estimate of drug-likeness (QED) is 0.823. The Labute approximate surface area is 113 Å². The largest absolute Gasteiger partial charge is 0.384 e. The van der Waals surface area contributed by atoms with Gasteiger partial charge in [-0.05, 0) is 64.4 Å². The molecule has 0 saturated carbocycles. The summed E-state index contributed by atoms with van der Waals surface area (Å²) in [6.45, 7) is 1.81. The molecule has 0 spiro atoms. The molecule has 2 rings (SSSR count). The van der Waals surface area contributed by atoms with Crippen LogP contribution < -0.4 is 0 Å². The summed E-state index contributed by atoms with van der Waals surface area (Å²) in [5.74, 6) is -0.315. The fourth-order valence-corrected chi connectivity index (χ4v) is 2.48. The SMILES string of the molecule is Cc1cc(F)cc(C(O)c2ccccc2I)c1. The second-order valence-corrected chi connectivity index (χ2v) is 5.15. The molecule has 0 aromatic heterocycles. The van der Waals surface area contributed by atoms with Gasteiger partial charge in [-0.25, -0.2) is 4.39 Å². The molecule has 88 valence electrons. The summed E-state index contributed by atoms with van der Waals surface area (Å²) in [4.78, 5) is 0. The molecule has 2 aromatic rings. The minimum absolute atomic E-state index is 0.315. The molecular formula is C14H12FIO. The summed E-state index contributed by atoms with van der Waals surface area (Å²) in [6, 6.07) is 12.2. The molecule has 0 aliphatic rings. The zero-order chi connectivity index (χ0) is 12.4. The number of halogens is 2. The Balaban J connectivity index is 2.43. The smallest absolute Gasteiger partial charge is 0.123 e. The standard InChI is InChI=1S/C14H12FIO/c1-9-6-10(8-11(15)7-9)14(17)12-4-2-3-5-13(12)16/h2-8,14,17H,1H3. The number of aliphatic hydroxyl groups excluding tert-OH is 1. The van der Waals surface area contributed by atoms with Crippen molar-refractivity contribution >= 4 is 22.6 Å². The van der Waals surface area contributed by atoms with Crippen LogP contribution in [0.15, 0.2) is 42.5 Å². The van der Waals surface area contributed by atoms with E-state index in [2.05, 4.69) is 22.6 Å². The third-order valence-corrected chi connectivity index (χ3v) is 3.56. The van der Waals surface area contributed by atoms with Crippen molar-refractivity contribution in [3.63, 3.8) is 0 Å². The molecule has 1 unspecified atom stereocenters. The maximum absolute atomic E-state index is 13.3. The van der Waals surface area contributed by atoms with Gasteiger partial charge in [0.1, 0.15) is 11.9 Å². The molecule has 1 N–H and O–H groups in total. The minimum Gasteiger partial charge on any atom is -0.384 e. The van der Waals surface area contributed by atoms with E-state index >= 15 is 0 Å². The van der Waals surface area contributed by atoms with Crippen molar-refractivity contribution in [2.24, 2.45) is 0 Å². The topological polar surface area (TPSA) is 20.2 Å². The highest BCUT2D eigenvalue weighted by atomic mass is 127. The van der Waals surface area contributed by atoms with Gasteiger partial charge in [-0.15, -0.1) is 0 Å². The lowest BCUT2D eigenvalue weighted by molar-refractivity contribution is 0.219. The molecule has 0 aliphatic carbocycles. The first-order valence-corrected chi connectivity index (χ1v) is 6.35. The maximum Gasteiger partial charge on any atom is 0.123 e. The lowest BCUT2D eigenvalue weighted by Gasteiger charge is -2.14. The van der Waals surface area contributed by atoms with Crippen LogP contribution in [0.2, 0.25) is 0 Å². The van der Waals surface area contributed by atoms with Crippen molar-refractivity contribution < 1.29 is 9.50 Å². The summed E-state index contributed by atoms with van der Waals surface area (Å²) in [5.41, 5.74) is 2.20. The summed E-state index contributed by atoms with van der Waals surface area (Å²) in [5, 5.41) is 10.3. The second-order valence-electron chi connectivity index (χ2n) is 3.99. The van der Waals surface area contributed by atoms with E-state index in [0.717, 1.165) is 14.7 Å². The van der Waals surface area contributed by atoms with Crippen LogP contribution in [0.3, 0.4) is 0 Å². The molecule has 0 radical (unpaired) electrons. The molecular weight excluding hydrogens is 330 g/mol. The molecule has 0 amide bonds. The predicted octanol–water partition coefficient (Wildman–Crippen LogP) is 3.82. The molecule has 0 bridgehead atoms. The highest BCUT2D eigenvalue weighted by Crippen LogP contribution is 2.27. The van der Waals surface area contributed by atoms with Crippen molar-refractivity contribution in [1.82, 2.24) is 0 Å². The fourth-order valence-electron chi connectivity index (χ4n) is 1.80. The van der Waals surface area contributed by atoms with Crippen LogP contribution in [0.25, 0.3) is 0 Å². The number of hydrogen-bond donors (Lipinski definition) is 1. The van der Waals surface area contributed by atoms with Gasteiger partial charge in [0.25, 0.3) is 0 Å². The van der Waals surface area contributed by atoms with Crippen LogP contribution in [0.5, 0.6) is 0 Å². The number of rotatable bonds is 2. The average Bonchev–Trinajstić information content (AvgIpc) is 2.27. The molecule has 2 aromatic carbocycles. The molecule has 0 fully saturated rings. The van der Waals surface area contributed by atoms with Crippen LogP contribution in [-0.2, 0) is 0 Å². The van der Waals surface area contributed by atoms with Crippen LogP contribution in [0.4, 0.5) is 4.39 Å². The Morgan fingerprint density at radius 1 is 1.18 bits per heavy atom. The van der Waals surface area contributed by atoms with Gasteiger partial charge in [-0.3, -0.25) is 0 Å². The van der Waals surface area contributed by atoms with E-state index in [4.69, 9.17) is 0 Å². The van der Waals surface area contributed by atoms with Gasteiger partial charge >= 0.3 is 0 Å². The first-order valence-electron chi connectivity index (χ1n) is 5.27. The molecule has 3 heteroatoms.